The SMILES string of the molecule is COc1ccc2c(c1)OC(c1ccc(C)cc1C)CC2N. The first kappa shape index (κ1) is 14.0. The van der Waals surface area contributed by atoms with Gasteiger partial charge in [0.1, 0.15) is 17.6 Å². The molecule has 3 rings (SSSR count). The van der Waals surface area contributed by atoms with Crippen LogP contribution in [0, 0.1) is 13.8 Å². The van der Waals surface area contributed by atoms with Crippen molar-refractivity contribution in [2.45, 2.75) is 32.4 Å². The van der Waals surface area contributed by atoms with Crippen LogP contribution >= 0.6 is 0 Å². The Morgan fingerprint density at radius 2 is 1.86 bits per heavy atom. The highest BCUT2D eigenvalue weighted by molar-refractivity contribution is 5.45. The molecule has 2 aromatic rings. The number of nitrogens with two attached hydrogens (primary N) is 1. The summed E-state index contributed by atoms with van der Waals surface area (Å²) in [6, 6.07) is 12.3. The van der Waals surface area contributed by atoms with Crippen molar-refractivity contribution in [3.8, 4) is 11.5 Å². The molecule has 1 heterocycles. The fraction of sp³-hybridized carbons (Fsp3) is 0.333. The molecule has 0 bridgehead atoms. The smallest absolute Gasteiger partial charge is 0.128 e. The predicted molar refractivity (Wildman–Crippen MR) is 83.8 cm³/mol. The van der Waals surface area contributed by atoms with Gasteiger partial charge in [-0.1, -0.05) is 29.8 Å². The normalized spacial score (nSPS) is 20.6. The molecule has 0 fully saturated rings. The molecule has 2 unspecified atom stereocenters. The second-order valence-electron chi connectivity index (χ2n) is 5.71. The summed E-state index contributed by atoms with van der Waals surface area (Å²) >= 11 is 0. The molecule has 2 aromatic carbocycles. The fourth-order valence-corrected chi connectivity index (χ4v) is 2.99. The average molecular weight is 283 g/mol. The number of ether oxygens (including phenoxy) is 2. The molecular formula is C18H21NO2. The summed E-state index contributed by atoms with van der Waals surface area (Å²) < 4.78 is 11.5. The highest BCUT2D eigenvalue weighted by atomic mass is 16.5. The van der Waals surface area contributed by atoms with Crippen molar-refractivity contribution in [3.05, 3.63) is 58.7 Å². The molecule has 21 heavy (non-hydrogen) atoms. The first-order valence-electron chi connectivity index (χ1n) is 7.26. The minimum Gasteiger partial charge on any atom is -0.497 e. The second-order valence-corrected chi connectivity index (χ2v) is 5.71. The van der Waals surface area contributed by atoms with Gasteiger partial charge in [0.25, 0.3) is 0 Å². The van der Waals surface area contributed by atoms with Crippen LogP contribution in [0.25, 0.3) is 0 Å². The fourth-order valence-electron chi connectivity index (χ4n) is 2.99. The third-order valence-electron chi connectivity index (χ3n) is 4.13. The molecule has 1 aliphatic heterocycles. The molecule has 3 heteroatoms. The van der Waals surface area contributed by atoms with E-state index in [9.17, 15) is 0 Å². The molecule has 110 valence electrons. The number of hydrogen-bond donors (Lipinski definition) is 1. The summed E-state index contributed by atoms with van der Waals surface area (Å²) in [4.78, 5) is 0. The molecule has 1 aliphatic rings. The zero-order valence-electron chi connectivity index (χ0n) is 12.7. The highest BCUT2D eigenvalue weighted by Crippen LogP contribution is 2.41. The van der Waals surface area contributed by atoms with Gasteiger partial charge in [0.05, 0.1) is 7.11 Å². The number of hydrogen-bond acceptors (Lipinski definition) is 3. The van der Waals surface area contributed by atoms with Crippen LogP contribution in [0.5, 0.6) is 11.5 Å². The summed E-state index contributed by atoms with van der Waals surface area (Å²) in [6.07, 6.45) is 0.795. The van der Waals surface area contributed by atoms with E-state index in [-0.39, 0.29) is 12.1 Å². The standard InChI is InChI=1S/C18H21NO2/c1-11-4-6-14(12(2)8-11)18-10-16(19)15-7-5-13(20-3)9-17(15)21-18/h4-9,16,18H,10,19H2,1-3H3. The number of aryl methyl sites for hydroxylation is 2. The second kappa shape index (κ2) is 5.41. The molecule has 0 radical (unpaired) electrons. The lowest BCUT2D eigenvalue weighted by atomic mass is 9.91. The Hall–Kier alpha value is -2.00. The van der Waals surface area contributed by atoms with Crippen molar-refractivity contribution < 1.29 is 9.47 Å². The van der Waals surface area contributed by atoms with E-state index < -0.39 is 0 Å². The summed E-state index contributed by atoms with van der Waals surface area (Å²) in [5.41, 5.74) is 11.1. The first-order valence-corrected chi connectivity index (χ1v) is 7.26. The largest absolute Gasteiger partial charge is 0.497 e. The maximum Gasteiger partial charge on any atom is 0.128 e. The van der Waals surface area contributed by atoms with Gasteiger partial charge < -0.3 is 15.2 Å². The topological polar surface area (TPSA) is 44.5 Å². The van der Waals surface area contributed by atoms with E-state index in [1.165, 1.54) is 16.7 Å². The molecular weight excluding hydrogens is 262 g/mol. The van der Waals surface area contributed by atoms with E-state index in [1.54, 1.807) is 7.11 Å². The van der Waals surface area contributed by atoms with Crippen molar-refractivity contribution >= 4 is 0 Å². The molecule has 0 aromatic heterocycles. The lowest BCUT2D eigenvalue weighted by molar-refractivity contribution is 0.160. The predicted octanol–water partition coefficient (Wildman–Crippen LogP) is 3.84. The van der Waals surface area contributed by atoms with Crippen LogP contribution in [0.3, 0.4) is 0 Å². The van der Waals surface area contributed by atoms with Crippen LogP contribution in [0.2, 0.25) is 0 Å². The number of fused-ring (bicyclic) bond motifs is 1. The average Bonchev–Trinajstić information content (AvgIpc) is 2.46. The van der Waals surface area contributed by atoms with Crippen molar-refractivity contribution in [2.75, 3.05) is 7.11 Å². The highest BCUT2D eigenvalue weighted by Gasteiger charge is 2.28. The summed E-state index contributed by atoms with van der Waals surface area (Å²) in [5, 5.41) is 0. The number of methoxy groups -OCH3 is 1. The van der Waals surface area contributed by atoms with Crippen molar-refractivity contribution in [1.29, 1.82) is 0 Å². The minimum absolute atomic E-state index is 0.000191. The van der Waals surface area contributed by atoms with Gasteiger partial charge in [-0.05, 0) is 31.0 Å². The maximum absolute atomic E-state index is 6.32. The maximum atomic E-state index is 6.32. The van der Waals surface area contributed by atoms with Gasteiger partial charge >= 0.3 is 0 Å². The first-order chi connectivity index (χ1) is 10.1. The lowest BCUT2D eigenvalue weighted by Gasteiger charge is -2.31. The van der Waals surface area contributed by atoms with Crippen LogP contribution in [-0.2, 0) is 0 Å². The molecule has 2 atom stereocenters. The van der Waals surface area contributed by atoms with Gasteiger partial charge in [-0.25, -0.2) is 0 Å². The van der Waals surface area contributed by atoms with Crippen LogP contribution in [0.1, 0.15) is 40.8 Å². The Morgan fingerprint density at radius 3 is 2.57 bits per heavy atom. The Kier molecular flexibility index (Phi) is 3.60. The lowest BCUT2D eigenvalue weighted by Crippen LogP contribution is -2.24. The van der Waals surface area contributed by atoms with Crippen LogP contribution in [0.4, 0.5) is 0 Å². The molecule has 0 amide bonds. The molecule has 0 spiro atoms. The third kappa shape index (κ3) is 2.61. The van der Waals surface area contributed by atoms with Crippen LogP contribution < -0.4 is 15.2 Å². The summed E-state index contributed by atoms with van der Waals surface area (Å²) in [5.74, 6) is 1.63. The Balaban J connectivity index is 1.96. The van der Waals surface area contributed by atoms with E-state index in [1.807, 2.05) is 18.2 Å². The Bertz CT molecular complexity index is 666. The van der Waals surface area contributed by atoms with Gasteiger partial charge in [0.2, 0.25) is 0 Å². The van der Waals surface area contributed by atoms with Gasteiger partial charge in [-0.3, -0.25) is 0 Å². The minimum atomic E-state index is -0.00893. The van der Waals surface area contributed by atoms with Gasteiger partial charge in [-0.15, -0.1) is 0 Å². The summed E-state index contributed by atoms with van der Waals surface area (Å²) in [7, 11) is 1.66. The van der Waals surface area contributed by atoms with Gasteiger partial charge in [0, 0.05) is 24.1 Å². The van der Waals surface area contributed by atoms with Crippen molar-refractivity contribution in [1.82, 2.24) is 0 Å². The third-order valence-corrected chi connectivity index (χ3v) is 4.13. The quantitative estimate of drug-likeness (QED) is 0.911. The van der Waals surface area contributed by atoms with E-state index in [0.29, 0.717) is 0 Å². The molecule has 3 nitrogen and oxygen atoms in total. The van der Waals surface area contributed by atoms with E-state index in [4.69, 9.17) is 15.2 Å². The van der Waals surface area contributed by atoms with Crippen LogP contribution in [0.15, 0.2) is 36.4 Å². The van der Waals surface area contributed by atoms with Gasteiger partial charge in [0.15, 0.2) is 0 Å². The number of rotatable bonds is 2. The Morgan fingerprint density at radius 1 is 1.10 bits per heavy atom. The molecule has 0 saturated carbocycles. The molecule has 0 aliphatic carbocycles. The van der Waals surface area contributed by atoms with E-state index >= 15 is 0 Å². The summed E-state index contributed by atoms with van der Waals surface area (Å²) in [6.45, 7) is 4.22. The van der Waals surface area contributed by atoms with Crippen molar-refractivity contribution in [2.24, 2.45) is 5.73 Å². The van der Waals surface area contributed by atoms with Crippen molar-refractivity contribution in [3.63, 3.8) is 0 Å². The number of benzene rings is 2. The van der Waals surface area contributed by atoms with Crippen LogP contribution in [-0.4, -0.2) is 7.11 Å². The van der Waals surface area contributed by atoms with Gasteiger partial charge in [-0.2, -0.15) is 0 Å². The Labute approximate surface area is 125 Å². The monoisotopic (exact) mass is 283 g/mol. The molecule has 0 saturated heterocycles. The van der Waals surface area contributed by atoms with E-state index in [0.717, 1.165) is 23.5 Å². The molecule has 2 N–H and O–H groups in total. The zero-order valence-corrected chi connectivity index (χ0v) is 12.7. The zero-order chi connectivity index (χ0) is 15.0. The van der Waals surface area contributed by atoms with E-state index in [2.05, 4.69) is 32.0 Å².